The monoisotopic (exact) mass is 979 g/mol. The van der Waals surface area contributed by atoms with Crippen LogP contribution in [-0.4, -0.2) is 132 Å². The van der Waals surface area contributed by atoms with Gasteiger partial charge in [-0.05, 0) is 46.4 Å². The van der Waals surface area contributed by atoms with Crippen molar-refractivity contribution in [3.05, 3.63) is 68.8 Å². The number of hydrogen-bond acceptors (Lipinski definition) is 20. The molecule has 7 atom stereocenters. The highest BCUT2D eigenvalue weighted by atomic mass is 127. The highest BCUT2D eigenvalue weighted by Gasteiger charge is 2.60. The average Bonchev–Trinajstić information content (AvgIpc) is 3.85. The number of nitrogens with two attached hydrogens (primary N) is 1. The zero-order chi connectivity index (χ0) is 42.3. The number of nitrogen functional groups attached to an aromatic ring is 1. The lowest BCUT2D eigenvalue weighted by atomic mass is 10.1. The molecule has 0 bridgehead atoms. The number of carbonyl (C=O) groups is 3. The lowest BCUT2D eigenvalue weighted by molar-refractivity contribution is -0.141. The first-order valence-corrected chi connectivity index (χ1v) is 21.0. The summed E-state index contributed by atoms with van der Waals surface area (Å²) in [5.41, 5.74) is 5.92. The average molecular weight is 980 g/mol. The highest BCUT2D eigenvalue weighted by Crippen LogP contribution is 2.42. The first kappa shape index (κ1) is 44.0. The fourth-order valence-electron chi connectivity index (χ4n) is 5.84. The molecule has 0 aliphatic carbocycles. The number of likely N-dealkylation sites (N-methyl/N-ethyl adjacent to an activating group) is 1. The van der Waals surface area contributed by atoms with Gasteiger partial charge in [0.25, 0.3) is 5.91 Å². The molecular weight excluding hydrogens is 943 g/mol. The van der Waals surface area contributed by atoms with Crippen molar-refractivity contribution in [2.45, 2.75) is 55.4 Å². The SMILES string of the molecule is CNC(=O)[C@H]1OC(n2cnc3c(NCc4cccc(I)c4)ncnc32)[C@H](OC(=O)OCCSSCCOC(=O)OCC2OC(n3ccc(N)nc3=O)C(F)(F)C2O)[C@@H]1O. The number of amides is 1. The van der Waals surface area contributed by atoms with Gasteiger partial charge in [-0.3, -0.25) is 13.9 Å². The van der Waals surface area contributed by atoms with Crippen molar-refractivity contribution in [2.24, 2.45) is 0 Å². The first-order chi connectivity index (χ1) is 28.3. The fraction of sp³-hybridized carbons (Fsp3) is 0.455. The molecule has 1 amide bonds. The van der Waals surface area contributed by atoms with Crippen LogP contribution in [0.5, 0.6) is 0 Å². The molecular formula is C33H36F2IN9O12S2. The van der Waals surface area contributed by atoms with Crippen molar-refractivity contribution in [1.82, 2.24) is 34.4 Å². The molecule has 6 N–H and O–H groups in total. The number of benzene rings is 1. The molecule has 1 aromatic carbocycles. The van der Waals surface area contributed by atoms with E-state index in [2.05, 4.69) is 53.2 Å². The molecule has 0 spiro atoms. The maximum Gasteiger partial charge on any atom is 0.508 e. The van der Waals surface area contributed by atoms with Crippen LogP contribution in [-0.2, 0) is 39.8 Å². The van der Waals surface area contributed by atoms with E-state index in [9.17, 15) is 38.2 Å². The molecule has 318 valence electrons. The molecule has 4 unspecified atom stereocenters. The summed E-state index contributed by atoms with van der Waals surface area (Å²) in [6.07, 6.45) is -10.7. The Morgan fingerprint density at radius 3 is 2.49 bits per heavy atom. The summed E-state index contributed by atoms with van der Waals surface area (Å²) in [6, 6.07) is 8.98. The molecule has 59 heavy (non-hydrogen) atoms. The summed E-state index contributed by atoms with van der Waals surface area (Å²) in [6.45, 7) is -0.628. The van der Waals surface area contributed by atoms with E-state index in [1.807, 2.05) is 24.3 Å². The van der Waals surface area contributed by atoms with Crippen LogP contribution in [0.15, 0.2) is 54.0 Å². The van der Waals surface area contributed by atoms with Crippen molar-refractivity contribution in [3.63, 3.8) is 0 Å². The molecule has 3 aromatic heterocycles. The van der Waals surface area contributed by atoms with Crippen molar-refractivity contribution in [3.8, 4) is 0 Å². The van der Waals surface area contributed by atoms with Crippen LogP contribution in [0.3, 0.4) is 0 Å². The van der Waals surface area contributed by atoms with Gasteiger partial charge >= 0.3 is 23.9 Å². The minimum Gasteiger partial charge on any atom is -0.433 e. The zero-order valence-corrected chi connectivity index (χ0v) is 34.4. The van der Waals surface area contributed by atoms with Crippen LogP contribution in [0.25, 0.3) is 11.2 Å². The van der Waals surface area contributed by atoms with Gasteiger partial charge in [0, 0.05) is 34.9 Å². The number of halogens is 3. The normalized spacial score (nSPS) is 23.5. The predicted molar refractivity (Wildman–Crippen MR) is 212 cm³/mol. The van der Waals surface area contributed by atoms with Crippen LogP contribution < -0.4 is 22.1 Å². The van der Waals surface area contributed by atoms with Gasteiger partial charge in [0.2, 0.25) is 6.23 Å². The molecule has 5 heterocycles. The van der Waals surface area contributed by atoms with Gasteiger partial charge < -0.3 is 55.0 Å². The molecule has 0 radical (unpaired) electrons. The Morgan fingerprint density at radius 2 is 1.78 bits per heavy atom. The maximum absolute atomic E-state index is 14.7. The molecule has 0 saturated carbocycles. The van der Waals surface area contributed by atoms with Crippen molar-refractivity contribution >= 4 is 85.2 Å². The van der Waals surface area contributed by atoms with Gasteiger partial charge in [-0.25, -0.2) is 29.3 Å². The number of nitrogens with zero attached hydrogens (tertiary/aromatic N) is 6. The Bertz CT molecular complexity index is 2190. The maximum atomic E-state index is 14.7. The van der Waals surface area contributed by atoms with Crippen LogP contribution in [0.2, 0.25) is 0 Å². The minimum absolute atomic E-state index is 0.128. The Balaban J connectivity index is 0.924. The van der Waals surface area contributed by atoms with Crippen LogP contribution in [0, 0.1) is 3.57 Å². The summed E-state index contributed by atoms with van der Waals surface area (Å²) in [5, 5.41) is 26.7. The molecule has 2 aliphatic rings. The summed E-state index contributed by atoms with van der Waals surface area (Å²) in [5.74, 6) is -3.84. The molecule has 26 heteroatoms. The zero-order valence-electron chi connectivity index (χ0n) is 30.6. The number of imidazole rings is 1. The van der Waals surface area contributed by atoms with E-state index in [-0.39, 0.29) is 36.2 Å². The van der Waals surface area contributed by atoms with E-state index in [1.165, 1.54) is 45.9 Å². The molecule has 2 aliphatic heterocycles. The fourth-order valence-corrected chi connectivity index (χ4v) is 8.10. The standard InChI is InChI=1S/C33H36F2IN9O12S2/c1-38-27(48)22-21(46)23(28(56-22)45-15-42-20-25(40-14-41-26(20)45)39-12-16-3-2-4-17(36)11-16)57-32(51)53-8-10-59-58-9-7-52-31(50)54-13-18-24(47)33(34,35)29(55-18)44-6-5-19(37)43-30(44)49/h2-6,11,14-15,18,21-24,28-29,46-47H,7-10,12-13H2,1H3,(H,38,48)(H2,37,43,49)(H,39,40,41)/t18?,21-,22+,23-,24?,28?,29?/m1/s1. The number of aliphatic hydroxyl groups is 2. The Labute approximate surface area is 353 Å². The van der Waals surface area contributed by atoms with E-state index in [0.29, 0.717) is 22.4 Å². The predicted octanol–water partition coefficient (Wildman–Crippen LogP) is 1.84. The van der Waals surface area contributed by atoms with Gasteiger partial charge in [0.1, 0.15) is 44.2 Å². The van der Waals surface area contributed by atoms with E-state index in [1.54, 1.807) is 0 Å². The number of ether oxygens (including phenoxy) is 6. The van der Waals surface area contributed by atoms with Crippen LogP contribution in [0.1, 0.15) is 18.0 Å². The quantitative estimate of drug-likeness (QED) is 0.0464. The van der Waals surface area contributed by atoms with E-state index >= 15 is 0 Å². The number of hydrogen-bond donors (Lipinski definition) is 5. The number of aliphatic hydroxyl groups excluding tert-OH is 2. The second-order valence-electron chi connectivity index (χ2n) is 12.5. The largest absolute Gasteiger partial charge is 0.508 e. The van der Waals surface area contributed by atoms with Gasteiger partial charge in [0.05, 0.1) is 6.33 Å². The van der Waals surface area contributed by atoms with Crippen LogP contribution >= 0.6 is 44.2 Å². The molecule has 21 nitrogen and oxygen atoms in total. The number of carbonyl (C=O) groups excluding carboxylic acids is 3. The number of rotatable bonds is 16. The van der Waals surface area contributed by atoms with Crippen molar-refractivity contribution in [1.29, 1.82) is 0 Å². The summed E-state index contributed by atoms with van der Waals surface area (Å²) < 4.78 is 63.7. The third-order valence-electron chi connectivity index (χ3n) is 8.64. The topological polar surface area (TPSA) is 276 Å². The van der Waals surface area contributed by atoms with Gasteiger partial charge in [-0.1, -0.05) is 33.7 Å². The second-order valence-corrected chi connectivity index (χ2v) is 16.5. The lowest BCUT2D eigenvalue weighted by Crippen LogP contribution is -2.42. The Kier molecular flexibility index (Phi) is 14.6. The van der Waals surface area contributed by atoms with Crippen molar-refractivity contribution < 1.29 is 61.8 Å². The molecule has 6 rings (SSSR count). The third-order valence-corrected chi connectivity index (χ3v) is 11.6. The third kappa shape index (κ3) is 10.4. The summed E-state index contributed by atoms with van der Waals surface area (Å²) in [4.78, 5) is 65.8. The lowest BCUT2D eigenvalue weighted by Gasteiger charge is -2.21. The van der Waals surface area contributed by atoms with E-state index in [0.717, 1.165) is 21.4 Å². The van der Waals surface area contributed by atoms with Gasteiger partial charge in [-0.15, -0.1) is 0 Å². The molecule has 2 fully saturated rings. The molecule has 4 aromatic rings. The number of fused-ring (bicyclic) bond motifs is 1. The highest BCUT2D eigenvalue weighted by molar-refractivity contribution is 14.1. The smallest absolute Gasteiger partial charge is 0.433 e. The summed E-state index contributed by atoms with van der Waals surface area (Å²) >= 11 is 2.22. The van der Waals surface area contributed by atoms with Gasteiger partial charge in [0.15, 0.2) is 41.5 Å². The second kappa shape index (κ2) is 19.6. The van der Waals surface area contributed by atoms with Crippen molar-refractivity contribution in [2.75, 3.05) is 49.4 Å². The number of anilines is 2. The number of nitrogens with one attached hydrogen (secondary N) is 2. The van der Waals surface area contributed by atoms with E-state index in [4.69, 9.17) is 34.2 Å². The first-order valence-electron chi connectivity index (χ1n) is 17.4. The Hall–Kier alpha value is -4.61. The Morgan fingerprint density at radius 1 is 1.03 bits per heavy atom. The molecule has 2 saturated heterocycles. The minimum atomic E-state index is -3.92. The van der Waals surface area contributed by atoms with Gasteiger partial charge in [-0.2, -0.15) is 13.8 Å². The van der Waals surface area contributed by atoms with Crippen LogP contribution in [0.4, 0.5) is 30.0 Å². The number of aromatic nitrogens is 6. The number of alkyl halides is 2. The summed E-state index contributed by atoms with van der Waals surface area (Å²) in [7, 11) is 3.86. The van der Waals surface area contributed by atoms with E-state index < -0.39 is 79.4 Å².